The number of hydrogen-bond donors (Lipinski definition) is 1. The van der Waals surface area contributed by atoms with Gasteiger partial charge in [-0.2, -0.15) is 0 Å². The highest BCUT2D eigenvalue weighted by Crippen LogP contribution is 2.23. The average molecular weight is 363 g/mol. The van der Waals surface area contributed by atoms with Crippen LogP contribution in [0.5, 0.6) is 0 Å². The molecule has 1 N–H and O–H groups in total. The summed E-state index contributed by atoms with van der Waals surface area (Å²) in [6.07, 6.45) is 2.99. The molecule has 0 spiro atoms. The van der Waals surface area contributed by atoms with Crippen LogP contribution < -0.4 is 5.32 Å². The maximum absolute atomic E-state index is 12.0. The molecule has 0 saturated heterocycles. The second kappa shape index (κ2) is 8.36. The van der Waals surface area contributed by atoms with Gasteiger partial charge in [-0.25, -0.2) is 4.79 Å². The molecule has 0 aliphatic rings. The molecule has 1 aromatic heterocycles. The maximum Gasteiger partial charge on any atom is 0.331 e. The van der Waals surface area contributed by atoms with E-state index >= 15 is 0 Å². The summed E-state index contributed by atoms with van der Waals surface area (Å²) < 4.78 is 10.7. The van der Waals surface area contributed by atoms with Gasteiger partial charge in [0.25, 0.3) is 5.91 Å². The number of hydrogen-bond acceptors (Lipinski definition) is 4. The molecule has 138 valence electrons. The molecule has 27 heavy (non-hydrogen) atoms. The number of carbonyl (C=O) groups excluding carboxylic acids is 2. The van der Waals surface area contributed by atoms with Crippen LogP contribution in [0.2, 0.25) is 0 Å². The highest BCUT2D eigenvalue weighted by atomic mass is 16.5. The van der Waals surface area contributed by atoms with Crippen molar-refractivity contribution < 1.29 is 18.7 Å². The van der Waals surface area contributed by atoms with Crippen molar-refractivity contribution in [3.63, 3.8) is 0 Å². The lowest BCUT2D eigenvalue weighted by molar-refractivity contribution is -0.144. The van der Waals surface area contributed by atoms with E-state index in [1.807, 2.05) is 68.4 Å². The van der Waals surface area contributed by atoms with Crippen LogP contribution in [-0.4, -0.2) is 18.5 Å². The quantitative estimate of drug-likeness (QED) is 0.527. The van der Waals surface area contributed by atoms with Gasteiger partial charge in [0.2, 0.25) is 0 Å². The van der Waals surface area contributed by atoms with E-state index in [2.05, 4.69) is 5.32 Å². The van der Waals surface area contributed by atoms with Gasteiger partial charge in [-0.1, -0.05) is 42.5 Å². The van der Waals surface area contributed by atoms with Gasteiger partial charge >= 0.3 is 5.97 Å². The summed E-state index contributed by atoms with van der Waals surface area (Å²) in [5.74, 6) is -0.305. The number of benzene rings is 2. The standard InChI is InChI=1S/C22H21NO4/c1-15-7-3-4-8-17(15)11-12-22(25)26-14-21(24)23-16(2)20-13-18-9-5-6-10-19(18)27-20/h3-13,16H,14H2,1-2H3,(H,23,24)/b12-11+/t16-/m1/s1. The van der Waals surface area contributed by atoms with E-state index in [1.54, 1.807) is 6.08 Å². The van der Waals surface area contributed by atoms with Crippen molar-refractivity contribution >= 4 is 28.9 Å². The third kappa shape index (κ3) is 4.85. The first-order chi connectivity index (χ1) is 13.0. The molecule has 0 fully saturated rings. The van der Waals surface area contributed by atoms with Gasteiger partial charge in [0.05, 0.1) is 6.04 Å². The Kier molecular flexibility index (Phi) is 5.71. The minimum absolute atomic E-state index is 0.328. The fraction of sp³-hybridized carbons (Fsp3) is 0.182. The predicted molar refractivity (Wildman–Crippen MR) is 104 cm³/mol. The summed E-state index contributed by atoms with van der Waals surface area (Å²) in [5.41, 5.74) is 2.75. The van der Waals surface area contributed by atoms with Gasteiger partial charge < -0.3 is 14.5 Å². The number of para-hydroxylation sites is 1. The van der Waals surface area contributed by atoms with E-state index in [4.69, 9.17) is 9.15 Å². The van der Waals surface area contributed by atoms with Crippen molar-refractivity contribution in [1.29, 1.82) is 0 Å². The number of fused-ring (bicyclic) bond motifs is 1. The van der Waals surface area contributed by atoms with Crippen molar-refractivity contribution in [1.82, 2.24) is 5.32 Å². The van der Waals surface area contributed by atoms with Crippen molar-refractivity contribution in [2.45, 2.75) is 19.9 Å². The largest absolute Gasteiger partial charge is 0.459 e. The lowest BCUT2D eigenvalue weighted by Crippen LogP contribution is -2.30. The van der Waals surface area contributed by atoms with E-state index in [0.717, 1.165) is 22.1 Å². The number of amides is 1. The molecule has 3 aromatic rings. The molecule has 1 amide bonds. The Morgan fingerprint density at radius 2 is 1.89 bits per heavy atom. The molecule has 0 unspecified atom stereocenters. The molecule has 0 aliphatic carbocycles. The van der Waals surface area contributed by atoms with Crippen LogP contribution >= 0.6 is 0 Å². The zero-order valence-corrected chi connectivity index (χ0v) is 15.3. The SMILES string of the molecule is Cc1ccccc1/C=C/C(=O)OCC(=O)N[C@H](C)c1cc2ccccc2o1. The number of esters is 1. The van der Waals surface area contributed by atoms with E-state index in [1.165, 1.54) is 6.08 Å². The molecule has 0 aliphatic heterocycles. The summed E-state index contributed by atoms with van der Waals surface area (Å²) in [7, 11) is 0. The van der Waals surface area contributed by atoms with Gasteiger partial charge in [0.1, 0.15) is 11.3 Å². The molecule has 5 heteroatoms. The third-order valence-corrected chi connectivity index (χ3v) is 4.18. The van der Waals surface area contributed by atoms with Crippen molar-refractivity contribution in [2.75, 3.05) is 6.61 Å². The summed E-state index contributed by atoms with van der Waals surface area (Å²) in [6.45, 7) is 3.43. The van der Waals surface area contributed by atoms with Gasteiger partial charge in [-0.3, -0.25) is 4.79 Å². The molecule has 5 nitrogen and oxygen atoms in total. The zero-order chi connectivity index (χ0) is 19.2. The Bertz CT molecular complexity index is 954. The van der Waals surface area contributed by atoms with Crippen LogP contribution in [0.4, 0.5) is 0 Å². The van der Waals surface area contributed by atoms with Crippen LogP contribution in [0.1, 0.15) is 29.9 Å². The van der Waals surface area contributed by atoms with Crippen molar-refractivity contribution in [2.24, 2.45) is 0 Å². The third-order valence-electron chi connectivity index (χ3n) is 4.18. The zero-order valence-electron chi connectivity index (χ0n) is 15.3. The molecule has 0 saturated carbocycles. The smallest absolute Gasteiger partial charge is 0.331 e. The van der Waals surface area contributed by atoms with Crippen LogP contribution in [-0.2, 0) is 14.3 Å². The predicted octanol–water partition coefficient (Wildman–Crippen LogP) is 4.18. The molecular formula is C22H21NO4. The molecule has 3 rings (SSSR count). The molecule has 0 radical (unpaired) electrons. The second-order valence-electron chi connectivity index (χ2n) is 6.27. The maximum atomic E-state index is 12.0. The lowest BCUT2D eigenvalue weighted by atomic mass is 10.1. The topological polar surface area (TPSA) is 68.5 Å². The van der Waals surface area contributed by atoms with E-state index in [0.29, 0.717) is 5.76 Å². The Balaban J connectivity index is 1.50. The minimum Gasteiger partial charge on any atom is -0.459 e. The van der Waals surface area contributed by atoms with Crippen LogP contribution in [0.25, 0.3) is 17.0 Å². The van der Waals surface area contributed by atoms with Gasteiger partial charge in [0.15, 0.2) is 6.61 Å². The summed E-state index contributed by atoms with van der Waals surface area (Å²) in [4.78, 5) is 23.8. The minimum atomic E-state index is -0.565. The molecule has 1 heterocycles. The van der Waals surface area contributed by atoms with E-state index < -0.39 is 5.97 Å². The number of aryl methyl sites for hydroxylation is 1. The first-order valence-electron chi connectivity index (χ1n) is 8.71. The summed E-state index contributed by atoms with van der Waals surface area (Å²) >= 11 is 0. The van der Waals surface area contributed by atoms with Gasteiger partial charge in [-0.15, -0.1) is 0 Å². The second-order valence-corrected chi connectivity index (χ2v) is 6.27. The fourth-order valence-electron chi connectivity index (χ4n) is 2.69. The average Bonchev–Trinajstić information content (AvgIpc) is 3.10. The number of carbonyl (C=O) groups is 2. The molecule has 1 atom stereocenters. The Morgan fingerprint density at radius 3 is 2.67 bits per heavy atom. The first-order valence-corrected chi connectivity index (χ1v) is 8.71. The Morgan fingerprint density at radius 1 is 1.15 bits per heavy atom. The normalized spacial score (nSPS) is 12.2. The van der Waals surface area contributed by atoms with Gasteiger partial charge in [-0.05, 0) is 43.2 Å². The van der Waals surface area contributed by atoms with Crippen molar-refractivity contribution in [3.8, 4) is 0 Å². The number of furan rings is 1. The van der Waals surface area contributed by atoms with Crippen molar-refractivity contribution in [3.05, 3.63) is 77.6 Å². The van der Waals surface area contributed by atoms with E-state index in [9.17, 15) is 9.59 Å². The summed E-state index contributed by atoms with van der Waals surface area (Å²) in [6, 6.07) is 16.9. The van der Waals surface area contributed by atoms with Crippen LogP contribution in [0, 0.1) is 6.92 Å². The summed E-state index contributed by atoms with van der Waals surface area (Å²) in [5, 5.41) is 3.73. The lowest BCUT2D eigenvalue weighted by Gasteiger charge is -2.11. The fourth-order valence-corrected chi connectivity index (χ4v) is 2.69. The van der Waals surface area contributed by atoms with Gasteiger partial charge in [0, 0.05) is 11.5 Å². The number of rotatable bonds is 6. The highest BCUT2D eigenvalue weighted by molar-refractivity contribution is 5.89. The molecular weight excluding hydrogens is 342 g/mol. The monoisotopic (exact) mass is 363 g/mol. The van der Waals surface area contributed by atoms with Crippen LogP contribution in [0.3, 0.4) is 0 Å². The highest BCUT2D eigenvalue weighted by Gasteiger charge is 2.15. The first kappa shape index (κ1) is 18.5. The van der Waals surface area contributed by atoms with Crippen LogP contribution in [0.15, 0.2) is 65.1 Å². The van der Waals surface area contributed by atoms with E-state index in [-0.39, 0.29) is 18.6 Å². The Labute approximate surface area is 157 Å². The molecule has 0 bridgehead atoms. The number of ether oxygens (including phenoxy) is 1. The Hall–Kier alpha value is -3.34. The number of nitrogens with one attached hydrogen (secondary N) is 1. The molecule has 2 aromatic carbocycles.